The molecule has 0 fully saturated rings. The molecule has 0 unspecified atom stereocenters. The van der Waals surface area contributed by atoms with E-state index >= 15 is 0 Å². The minimum Gasteiger partial charge on any atom is -0.493 e. The largest absolute Gasteiger partial charge is 0.493 e. The summed E-state index contributed by atoms with van der Waals surface area (Å²) < 4.78 is 15.8. The van der Waals surface area contributed by atoms with Crippen LogP contribution in [0.5, 0.6) is 11.5 Å². The van der Waals surface area contributed by atoms with Gasteiger partial charge in [-0.3, -0.25) is 4.99 Å². The second-order valence-electron chi connectivity index (χ2n) is 4.54. The second kappa shape index (κ2) is 6.57. The van der Waals surface area contributed by atoms with Crippen LogP contribution in [0.3, 0.4) is 0 Å². The molecule has 1 aliphatic heterocycles. The van der Waals surface area contributed by atoms with Crippen molar-refractivity contribution in [1.82, 2.24) is 0 Å². The van der Waals surface area contributed by atoms with Crippen LogP contribution in [0.25, 0.3) is 0 Å². The molecule has 19 heavy (non-hydrogen) atoms. The molecule has 0 radical (unpaired) electrons. The average molecular weight is 263 g/mol. The summed E-state index contributed by atoms with van der Waals surface area (Å²) in [5, 5.41) is 0. The van der Waals surface area contributed by atoms with Gasteiger partial charge in [0, 0.05) is 31.5 Å². The first kappa shape index (κ1) is 13.9. The molecular weight excluding hydrogens is 242 g/mol. The molecule has 0 aliphatic carbocycles. The van der Waals surface area contributed by atoms with Crippen LogP contribution in [-0.4, -0.2) is 40.2 Å². The summed E-state index contributed by atoms with van der Waals surface area (Å²) in [5.41, 5.74) is 3.64. The van der Waals surface area contributed by atoms with Gasteiger partial charge in [0.25, 0.3) is 0 Å². The van der Waals surface area contributed by atoms with Crippen molar-refractivity contribution in [1.29, 1.82) is 0 Å². The van der Waals surface area contributed by atoms with Crippen molar-refractivity contribution in [3.63, 3.8) is 0 Å². The Hall–Kier alpha value is -1.55. The predicted octanol–water partition coefficient (Wildman–Crippen LogP) is 2.48. The summed E-state index contributed by atoms with van der Waals surface area (Å²) in [6.07, 6.45) is 2.89. The monoisotopic (exact) mass is 263 g/mol. The van der Waals surface area contributed by atoms with E-state index in [4.69, 9.17) is 14.2 Å². The molecule has 0 amide bonds. The molecule has 1 aromatic carbocycles. The van der Waals surface area contributed by atoms with E-state index in [-0.39, 0.29) is 0 Å². The Morgan fingerprint density at radius 2 is 1.84 bits per heavy atom. The molecule has 0 spiro atoms. The number of hydrogen-bond donors (Lipinski definition) is 0. The summed E-state index contributed by atoms with van der Waals surface area (Å²) in [5.74, 6) is 1.56. The first-order valence-electron chi connectivity index (χ1n) is 6.57. The maximum absolute atomic E-state index is 5.37. The lowest BCUT2D eigenvalue weighted by Crippen LogP contribution is -2.14. The van der Waals surface area contributed by atoms with E-state index in [1.165, 1.54) is 11.1 Å². The topological polar surface area (TPSA) is 40.0 Å². The van der Waals surface area contributed by atoms with Gasteiger partial charge >= 0.3 is 0 Å². The highest BCUT2D eigenvalue weighted by Gasteiger charge is 2.17. The van der Waals surface area contributed by atoms with Crippen molar-refractivity contribution in [2.45, 2.75) is 19.3 Å². The minimum absolute atomic E-state index is 0.766. The number of nitrogens with zero attached hydrogens (tertiary/aromatic N) is 1. The van der Waals surface area contributed by atoms with Gasteiger partial charge in [0.1, 0.15) is 0 Å². The zero-order valence-corrected chi connectivity index (χ0v) is 11.9. The number of fused-ring (bicyclic) bond motifs is 1. The fourth-order valence-corrected chi connectivity index (χ4v) is 2.39. The molecule has 104 valence electrons. The smallest absolute Gasteiger partial charge is 0.161 e. The number of rotatable bonds is 6. The van der Waals surface area contributed by atoms with E-state index in [9.17, 15) is 0 Å². The molecule has 2 rings (SSSR count). The molecule has 4 nitrogen and oxygen atoms in total. The van der Waals surface area contributed by atoms with Crippen LogP contribution in [-0.2, 0) is 11.2 Å². The van der Waals surface area contributed by atoms with Crippen LogP contribution < -0.4 is 9.47 Å². The number of benzene rings is 1. The van der Waals surface area contributed by atoms with Gasteiger partial charge in [0.15, 0.2) is 11.5 Å². The highest BCUT2D eigenvalue weighted by atomic mass is 16.5. The predicted molar refractivity (Wildman–Crippen MR) is 75.8 cm³/mol. The van der Waals surface area contributed by atoms with Crippen LogP contribution in [0.2, 0.25) is 0 Å². The number of ether oxygens (including phenoxy) is 3. The standard InChI is InChI=1S/C15H21NO3/c1-17-8-4-5-13-12-10-15(19-3)14(18-2)9-11(12)6-7-16-13/h9-10H,4-8H2,1-3H3. The van der Waals surface area contributed by atoms with E-state index in [1.807, 2.05) is 6.07 Å². The number of hydrogen-bond acceptors (Lipinski definition) is 4. The molecule has 0 aromatic heterocycles. The Labute approximate surface area is 114 Å². The summed E-state index contributed by atoms with van der Waals surface area (Å²) in [6.45, 7) is 1.62. The molecule has 0 atom stereocenters. The normalized spacial score (nSPS) is 13.7. The van der Waals surface area contributed by atoms with E-state index in [1.54, 1.807) is 21.3 Å². The number of methoxy groups -OCH3 is 3. The van der Waals surface area contributed by atoms with Gasteiger partial charge in [-0.25, -0.2) is 0 Å². The average Bonchev–Trinajstić information content (AvgIpc) is 2.46. The molecule has 0 bridgehead atoms. The van der Waals surface area contributed by atoms with Crippen molar-refractivity contribution >= 4 is 5.71 Å². The Morgan fingerprint density at radius 3 is 2.53 bits per heavy atom. The van der Waals surface area contributed by atoms with Gasteiger partial charge in [-0.05, 0) is 37.0 Å². The molecule has 1 heterocycles. The Bertz CT molecular complexity index is 469. The molecule has 1 aliphatic rings. The van der Waals surface area contributed by atoms with Crippen molar-refractivity contribution in [3.05, 3.63) is 23.3 Å². The highest BCUT2D eigenvalue weighted by molar-refractivity contribution is 6.03. The highest BCUT2D eigenvalue weighted by Crippen LogP contribution is 2.33. The van der Waals surface area contributed by atoms with Crippen LogP contribution in [0.15, 0.2) is 17.1 Å². The third kappa shape index (κ3) is 3.07. The second-order valence-corrected chi connectivity index (χ2v) is 4.54. The quantitative estimate of drug-likeness (QED) is 0.740. The first-order valence-corrected chi connectivity index (χ1v) is 6.57. The van der Waals surface area contributed by atoms with Crippen LogP contribution in [0.4, 0.5) is 0 Å². The number of aliphatic imine (C=N–C) groups is 1. The lowest BCUT2D eigenvalue weighted by atomic mass is 9.94. The maximum Gasteiger partial charge on any atom is 0.161 e. The van der Waals surface area contributed by atoms with E-state index in [0.717, 1.165) is 49.6 Å². The fourth-order valence-electron chi connectivity index (χ4n) is 2.39. The zero-order valence-electron chi connectivity index (χ0n) is 11.9. The SMILES string of the molecule is COCCCC1=NCCc2cc(OC)c(OC)cc21. The summed E-state index contributed by atoms with van der Waals surface area (Å²) >= 11 is 0. The summed E-state index contributed by atoms with van der Waals surface area (Å²) in [7, 11) is 5.06. The zero-order chi connectivity index (χ0) is 13.7. The van der Waals surface area contributed by atoms with Gasteiger partial charge in [0.2, 0.25) is 0 Å². The molecule has 1 aromatic rings. The molecular formula is C15H21NO3. The van der Waals surface area contributed by atoms with Crippen LogP contribution in [0.1, 0.15) is 24.0 Å². The van der Waals surface area contributed by atoms with Gasteiger partial charge in [-0.1, -0.05) is 0 Å². The fraction of sp³-hybridized carbons (Fsp3) is 0.533. The van der Waals surface area contributed by atoms with E-state index < -0.39 is 0 Å². The minimum atomic E-state index is 0.766. The van der Waals surface area contributed by atoms with Gasteiger partial charge < -0.3 is 14.2 Å². The third-order valence-electron chi connectivity index (χ3n) is 3.37. The molecule has 0 saturated heterocycles. The first-order chi connectivity index (χ1) is 9.30. The maximum atomic E-state index is 5.37. The van der Waals surface area contributed by atoms with Crippen LogP contribution >= 0.6 is 0 Å². The lowest BCUT2D eigenvalue weighted by molar-refractivity contribution is 0.196. The van der Waals surface area contributed by atoms with Crippen molar-refractivity contribution in [2.75, 3.05) is 34.5 Å². The molecule has 0 saturated carbocycles. The third-order valence-corrected chi connectivity index (χ3v) is 3.37. The van der Waals surface area contributed by atoms with Gasteiger partial charge in [-0.2, -0.15) is 0 Å². The van der Waals surface area contributed by atoms with Crippen molar-refractivity contribution in [3.8, 4) is 11.5 Å². The summed E-state index contributed by atoms with van der Waals surface area (Å²) in [4.78, 5) is 4.64. The Balaban J connectivity index is 2.27. The molecule has 0 N–H and O–H groups in total. The molecule has 4 heteroatoms. The lowest BCUT2D eigenvalue weighted by Gasteiger charge is -2.19. The summed E-state index contributed by atoms with van der Waals surface area (Å²) in [6, 6.07) is 4.11. The van der Waals surface area contributed by atoms with Gasteiger partial charge in [-0.15, -0.1) is 0 Å². The Morgan fingerprint density at radius 1 is 1.11 bits per heavy atom. The Kier molecular flexibility index (Phi) is 4.80. The van der Waals surface area contributed by atoms with Crippen LogP contribution in [0, 0.1) is 0 Å². The van der Waals surface area contributed by atoms with Crippen molar-refractivity contribution in [2.24, 2.45) is 4.99 Å². The van der Waals surface area contributed by atoms with E-state index in [0.29, 0.717) is 0 Å². The van der Waals surface area contributed by atoms with Crippen molar-refractivity contribution < 1.29 is 14.2 Å². The van der Waals surface area contributed by atoms with E-state index in [2.05, 4.69) is 11.1 Å². The van der Waals surface area contributed by atoms with Gasteiger partial charge in [0.05, 0.1) is 14.2 Å².